The van der Waals surface area contributed by atoms with Gasteiger partial charge >= 0.3 is 0 Å². The first-order valence-corrected chi connectivity index (χ1v) is 12.2. The molecule has 0 aliphatic carbocycles. The molecule has 0 spiro atoms. The molecule has 2 saturated heterocycles. The van der Waals surface area contributed by atoms with Crippen LogP contribution in [0.4, 0.5) is 0 Å². The normalized spacial score (nSPS) is 19.8. The monoisotopic (exact) mass is 445 g/mol. The molecule has 2 heterocycles. The molecule has 0 aromatic heterocycles. The van der Waals surface area contributed by atoms with Gasteiger partial charge in [0.2, 0.25) is 0 Å². The van der Waals surface area contributed by atoms with E-state index in [0.717, 1.165) is 71.2 Å². The number of guanidine groups is 1. The zero-order valence-corrected chi connectivity index (χ0v) is 20.4. The predicted molar refractivity (Wildman–Crippen MR) is 131 cm³/mol. The SMILES string of the molecule is CN=C(NCc1ccc(CN2CCCN(C)CC2)cc1)N1CCC(OCCCOC)CC1. The van der Waals surface area contributed by atoms with Gasteiger partial charge in [0, 0.05) is 66.6 Å². The number of benzene rings is 1. The van der Waals surface area contributed by atoms with Gasteiger partial charge in [0.25, 0.3) is 0 Å². The van der Waals surface area contributed by atoms with Crippen LogP contribution in [0.1, 0.15) is 36.8 Å². The van der Waals surface area contributed by atoms with E-state index in [9.17, 15) is 0 Å². The van der Waals surface area contributed by atoms with Crippen LogP contribution in [0.3, 0.4) is 0 Å². The third-order valence-corrected chi connectivity index (χ3v) is 6.49. The highest BCUT2D eigenvalue weighted by Gasteiger charge is 2.21. The van der Waals surface area contributed by atoms with E-state index in [1.807, 2.05) is 7.05 Å². The van der Waals surface area contributed by atoms with Crippen LogP contribution in [0.5, 0.6) is 0 Å². The Bertz CT molecular complexity index is 673. The summed E-state index contributed by atoms with van der Waals surface area (Å²) in [5, 5.41) is 3.55. The Morgan fingerprint density at radius 3 is 2.47 bits per heavy atom. The minimum absolute atomic E-state index is 0.360. The molecule has 7 nitrogen and oxygen atoms in total. The molecule has 2 aliphatic heterocycles. The molecule has 0 amide bonds. The standard InChI is InChI=1S/C25H43N5O2/c1-26-25(30-14-10-24(11-15-30)32-19-5-18-31-3)27-20-22-6-8-23(9-7-22)21-29-13-4-12-28(2)16-17-29/h6-9,24H,4-5,10-21H2,1-3H3,(H,26,27). The average molecular weight is 446 g/mol. The number of hydrogen-bond donors (Lipinski definition) is 1. The molecule has 2 aliphatic rings. The molecule has 3 rings (SSSR count). The molecule has 1 N–H and O–H groups in total. The molecule has 1 aromatic rings. The molecular weight excluding hydrogens is 402 g/mol. The fraction of sp³-hybridized carbons (Fsp3) is 0.720. The second kappa shape index (κ2) is 13.8. The summed E-state index contributed by atoms with van der Waals surface area (Å²) in [6.07, 6.45) is 4.69. The molecular formula is C25H43N5O2. The zero-order chi connectivity index (χ0) is 22.6. The minimum Gasteiger partial charge on any atom is -0.385 e. The van der Waals surface area contributed by atoms with Gasteiger partial charge < -0.3 is 24.6 Å². The van der Waals surface area contributed by atoms with E-state index in [2.05, 4.69) is 56.3 Å². The smallest absolute Gasteiger partial charge is 0.193 e. The summed E-state index contributed by atoms with van der Waals surface area (Å²) >= 11 is 0. The van der Waals surface area contributed by atoms with Gasteiger partial charge in [-0.3, -0.25) is 9.89 Å². The van der Waals surface area contributed by atoms with Gasteiger partial charge in [-0.15, -0.1) is 0 Å². The van der Waals surface area contributed by atoms with Gasteiger partial charge in [0.05, 0.1) is 6.10 Å². The number of methoxy groups -OCH3 is 1. The van der Waals surface area contributed by atoms with Crippen LogP contribution < -0.4 is 5.32 Å². The molecule has 0 saturated carbocycles. The Kier molecular flexibility index (Phi) is 10.8. The molecule has 0 bridgehead atoms. The van der Waals surface area contributed by atoms with Gasteiger partial charge in [0.15, 0.2) is 5.96 Å². The van der Waals surface area contributed by atoms with Crippen molar-refractivity contribution in [1.82, 2.24) is 20.0 Å². The Labute approximate surface area is 194 Å². The molecule has 180 valence electrons. The van der Waals surface area contributed by atoms with Crippen molar-refractivity contribution in [3.8, 4) is 0 Å². The second-order valence-electron chi connectivity index (χ2n) is 9.05. The first kappa shape index (κ1) is 25.0. The summed E-state index contributed by atoms with van der Waals surface area (Å²) in [5.41, 5.74) is 2.69. The maximum atomic E-state index is 5.98. The molecule has 32 heavy (non-hydrogen) atoms. The van der Waals surface area contributed by atoms with Crippen LogP contribution in [0.15, 0.2) is 29.3 Å². The number of likely N-dealkylation sites (tertiary alicyclic amines) is 1. The van der Waals surface area contributed by atoms with E-state index in [1.165, 1.54) is 37.2 Å². The lowest BCUT2D eigenvalue weighted by Crippen LogP contribution is -2.46. The lowest BCUT2D eigenvalue weighted by molar-refractivity contribution is 0.00989. The largest absolute Gasteiger partial charge is 0.385 e. The number of nitrogens with zero attached hydrogens (tertiary/aromatic N) is 4. The van der Waals surface area contributed by atoms with Gasteiger partial charge in [-0.25, -0.2) is 0 Å². The van der Waals surface area contributed by atoms with Crippen molar-refractivity contribution in [2.75, 3.05) is 73.7 Å². The first-order chi connectivity index (χ1) is 15.7. The summed E-state index contributed by atoms with van der Waals surface area (Å²) in [4.78, 5) is 11.9. The van der Waals surface area contributed by atoms with Crippen LogP contribution >= 0.6 is 0 Å². The fourth-order valence-corrected chi connectivity index (χ4v) is 4.48. The molecule has 2 fully saturated rings. The Balaban J connectivity index is 1.38. The highest BCUT2D eigenvalue weighted by molar-refractivity contribution is 5.79. The van der Waals surface area contributed by atoms with Crippen molar-refractivity contribution in [3.05, 3.63) is 35.4 Å². The van der Waals surface area contributed by atoms with Gasteiger partial charge in [0.1, 0.15) is 0 Å². The quantitative estimate of drug-likeness (QED) is 0.358. The molecule has 0 unspecified atom stereocenters. The topological polar surface area (TPSA) is 52.6 Å². The summed E-state index contributed by atoms with van der Waals surface area (Å²) in [6.45, 7) is 10.1. The Morgan fingerprint density at radius 1 is 1.00 bits per heavy atom. The maximum Gasteiger partial charge on any atom is 0.193 e. The highest BCUT2D eigenvalue weighted by Crippen LogP contribution is 2.15. The van der Waals surface area contributed by atoms with E-state index in [-0.39, 0.29) is 0 Å². The Morgan fingerprint density at radius 2 is 1.75 bits per heavy atom. The number of nitrogens with one attached hydrogen (secondary N) is 1. The summed E-state index contributed by atoms with van der Waals surface area (Å²) in [5.74, 6) is 0.987. The van der Waals surface area contributed by atoms with E-state index >= 15 is 0 Å². The lowest BCUT2D eigenvalue weighted by atomic mass is 10.1. The van der Waals surface area contributed by atoms with Gasteiger partial charge in [-0.05, 0) is 56.9 Å². The van der Waals surface area contributed by atoms with Crippen LogP contribution in [-0.2, 0) is 22.6 Å². The molecule has 0 radical (unpaired) electrons. The molecule has 0 atom stereocenters. The van der Waals surface area contributed by atoms with Crippen molar-refractivity contribution in [2.45, 2.75) is 44.9 Å². The number of likely N-dealkylation sites (N-methyl/N-ethyl adjacent to an activating group) is 1. The van der Waals surface area contributed by atoms with Crippen molar-refractivity contribution >= 4 is 5.96 Å². The second-order valence-corrected chi connectivity index (χ2v) is 9.05. The van der Waals surface area contributed by atoms with Crippen LogP contribution in [0.25, 0.3) is 0 Å². The summed E-state index contributed by atoms with van der Waals surface area (Å²) in [7, 11) is 5.83. The molecule has 1 aromatic carbocycles. The van der Waals surface area contributed by atoms with Crippen molar-refractivity contribution in [2.24, 2.45) is 4.99 Å². The lowest BCUT2D eigenvalue weighted by Gasteiger charge is -2.34. The third-order valence-electron chi connectivity index (χ3n) is 6.49. The Hall–Kier alpha value is -1.67. The van der Waals surface area contributed by atoms with Crippen LogP contribution in [0.2, 0.25) is 0 Å². The summed E-state index contributed by atoms with van der Waals surface area (Å²) in [6, 6.07) is 9.06. The fourth-order valence-electron chi connectivity index (χ4n) is 4.48. The third kappa shape index (κ3) is 8.35. The first-order valence-electron chi connectivity index (χ1n) is 12.2. The van der Waals surface area contributed by atoms with E-state index in [1.54, 1.807) is 7.11 Å². The molecule has 7 heteroatoms. The van der Waals surface area contributed by atoms with Crippen molar-refractivity contribution in [3.63, 3.8) is 0 Å². The maximum absolute atomic E-state index is 5.98. The average Bonchev–Trinajstić information content (AvgIpc) is 3.03. The van der Waals surface area contributed by atoms with Crippen LogP contribution in [-0.4, -0.2) is 100 Å². The number of piperidine rings is 1. The van der Waals surface area contributed by atoms with Gasteiger partial charge in [-0.1, -0.05) is 24.3 Å². The summed E-state index contributed by atoms with van der Waals surface area (Å²) < 4.78 is 11.1. The van der Waals surface area contributed by atoms with Crippen molar-refractivity contribution < 1.29 is 9.47 Å². The number of ether oxygens (including phenoxy) is 2. The zero-order valence-electron chi connectivity index (χ0n) is 20.4. The van der Waals surface area contributed by atoms with Crippen molar-refractivity contribution in [1.29, 1.82) is 0 Å². The number of hydrogen-bond acceptors (Lipinski definition) is 5. The number of aliphatic imine (C=N–C) groups is 1. The van der Waals surface area contributed by atoms with E-state index in [0.29, 0.717) is 6.10 Å². The highest BCUT2D eigenvalue weighted by atomic mass is 16.5. The van der Waals surface area contributed by atoms with E-state index in [4.69, 9.17) is 9.47 Å². The minimum atomic E-state index is 0.360. The number of rotatable bonds is 9. The van der Waals surface area contributed by atoms with Crippen LogP contribution in [0, 0.1) is 0 Å². The van der Waals surface area contributed by atoms with E-state index < -0.39 is 0 Å². The van der Waals surface area contributed by atoms with Gasteiger partial charge in [-0.2, -0.15) is 0 Å². The predicted octanol–water partition coefficient (Wildman–Crippen LogP) is 2.42.